The van der Waals surface area contributed by atoms with Crippen molar-refractivity contribution in [3.05, 3.63) is 42.0 Å². The minimum Gasteiger partial charge on any atom is -0.493 e. The second kappa shape index (κ2) is 5.43. The molecular formula is C13H14N2O4. The molecule has 1 aromatic carbocycles. The van der Waals surface area contributed by atoms with E-state index in [1.54, 1.807) is 29.2 Å². The van der Waals surface area contributed by atoms with E-state index < -0.39 is 5.97 Å². The number of para-hydroxylation sites is 1. The highest BCUT2D eigenvalue weighted by Gasteiger charge is 2.16. The number of hydrogen-bond donors (Lipinski definition) is 1. The Balaban J connectivity index is 2.28. The van der Waals surface area contributed by atoms with Crippen LogP contribution in [0.1, 0.15) is 16.1 Å². The number of hydrogen-bond acceptors (Lipinski definition) is 4. The summed E-state index contributed by atoms with van der Waals surface area (Å²) in [4.78, 5) is 15.1. The van der Waals surface area contributed by atoms with E-state index in [2.05, 4.69) is 4.98 Å². The van der Waals surface area contributed by atoms with E-state index in [1.165, 1.54) is 13.2 Å². The third-order valence-electron chi connectivity index (χ3n) is 2.71. The maximum absolute atomic E-state index is 11.2. The Hall–Kier alpha value is -2.50. The highest BCUT2D eigenvalue weighted by Crippen LogP contribution is 2.31. The van der Waals surface area contributed by atoms with Crippen molar-refractivity contribution >= 4 is 5.97 Å². The second-order valence-electron chi connectivity index (χ2n) is 3.93. The molecule has 0 saturated heterocycles. The number of aromatic nitrogens is 2. The molecule has 2 rings (SSSR count). The van der Waals surface area contributed by atoms with E-state index in [1.807, 2.05) is 7.05 Å². The molecule has 0 fully saturated rings. The zero-order chi connectivity index (χ0) is 13.8. The van der Waals surface area contributed by atoms with Gasteiger partial charge in [0.2, 0.25) is 0 Å². The number of benzene rings is 1. The third kappa shape index (κ3) is 2.67. The van der Waals surface area contributed by atoms with Gasteiger partial charge in [-0.25, -0.2) is 9.78 Å². The lowest BCUT2D eigenvalue weighted by Gasteiger charge is -2.13. The fourth-order valence-corrected chi connectivity index (χ4v) is 1.66. The molecule has 6 nitrogen and oxygen atoms in total. The van der Waals surface area contributed by atoms with Gasteiger partial charge in [0, 0.05) is 7.05 Å². The average molecular weight is 262 g/mol. The molecule has 6 heteroatoms. The molecule has 0 atom stereocenters. The molecule has 0 aliphatic carbocycles. The van der Waals surface area contributed by atoms with E-state index in [9.17, 15) is 4.79 Å². The number of rotatable bonds is 5. The van der Waals surface area contributed by atoms with Crippen molar-refractivity contribution in [2.24, 2.45) is 7.05 Å². The maximum atomic E-state index is 11.2. The molecule has 1 aromatic heterocycles. The van der Waals surface area contributed by atoms with Gasteiger partial charge in [-0.15, -0.1) is 0 Å². The Labute approximate surface area is 110 Å². The highest BCUT2D eigenvalue weighted by atomic mass is 16.5. The first-order valence-electron chi connectivity index (χ1n) is 5.61. The molecule has 19 heavy (non-hydrogen) atoms. The summed E-state index contributed by atoms with van der Waals surface area (Å²) in [5, 5.41) is 9.14. The summed E-state index contributed by atoms with van der Waals surface area (Å²) >= 11 is 0. The fraction of sp³-hybridized carbons (Fsp3) is 0.231. The Morgan fingerprint density at radius 2 is 2.26 bits per heavy atom. The Kier molecular flexibility index (Phi) is 3.70. The maximum Gasteiger partial charge on any atom is 0.339 e. The standard InChI is InChI=1S/C13H14N2O4/c1-15-8-14-6-9(15)7-19-12-10(13(16)17)4-3-5-11(12)18-2/h3-6,8H,7H2,1-2H3,(H,16,17). The van der Waals surface area contributed by atoms with Gasteiger partial charge in [0.25, 0.3) is 0 Å². The van der Waals surface area contributed by atoms with Crippen molar-refractivity contribution in [2.45, 2.75) is 6.61 Å². The molecule has 1 heterocycles. The normalized spacial score (nSPS) is 10.2. The summed E-state index contributed by atoms with van der Waals surface area (Å²) in [7, 11) is 3.31. The minimum atomic E-state index is -1.06. The van der Waals surface area contributed by atoms with Crippen LogP contribution in [0.2, 0.25) is 0 Å². The van der Waals surface area contributed by atoms with Gasteiger partial charge >= 0.3 is 5.97 Å². The largest absolute Gasteiger partial charge is 0.493 e. The number of nitrogens with zero attached hydrogens (tertiary/aromatic N) is 2. The number of imidazole rings is 1. The summed E-state index contributed by atoms with van der Waals surface area (Å²) in [6, 6.07) is 4.74. The third-order valence-corrected chi connectivity index (χ3v) is 2.71. The van der Waals surface area contributed by atoms with Crippen LogP contribution in [0.4, 0.5) is 0 Å². The summed E-state index contributed by atoms with van der Waals surface area (Å²) in [6.07, 6.45) is 3.31. The lowest BCUT2D eigenvalue weighted by atomic mass is 10.2. The van der Waals surface area contributed by atoms with Gasteiger partial charge in [-0.2, -0.15) is 0 Å². The van der Waals surface area contributed by atoms with Gasteiger partial charge in [0.05, 0.1) is 25.3 Å². The quantitative estimate of drug-likeness (QED) is 0.887. The number of methoxy groups -OCH3 is 1. The Bertz CT molecular complexity index is 592. The Morgan fingerprint density at radius 1 is 1.47 bits per heavy atom. The molecule has 0 aliphatic heterocycles. The van der Waals surface area contributed by atoms with Crippen LogP contribution in [0.15, 0.2) is 30.7 Å². The van der Waals surface area contributed by atoms with E-state index in [0.29, 0.717) is 5.75 Å². The van der Waals surface area contributed by atoms with Gasteiger partial charge in [-0.05, 0) is 12.1 Å². The van der Waals surface area contributed by atoms with E-state index in [-0.39, 0.29) is 17.9 Å². The molecule has 0 unspecified atom stereocenters. The van der Waals surface area contributed by atoms with Crippen LogP contribution in [0.5, 0.6) is 11.5 Å². The monoisotopic (exact) mass is 262 g/mol. The zero-order valence-electron chi connectivity index (χ0n) is 10.7. The van der Waals surface area contributed by atoms with E-state index >= 15 is 0 Å². The summed E-state index contributed by atoms with van der Waals surface area (Å²) < 4.78 is 12.5. The summed E-state index contributed by atoms with van der Waals surface area (Å²) in [5.74, 6) is -0.445. The van der Waals surface area contributed by atoms with Crippen LogP contribution in [-0.4, -0.2) is 27.7 Å². The van der Waals surface area contributed by atoms with Crippen molar-refractivity contribution in [1.82, 2.24) is 9.55 Å². The van der Waals surface area contributed by atoms with Crippen molar-refractivity contribution in [1.29, 1.82) is 0 Å². The summed E-state index contributed by atoms with van der Waals surface area (Å²) in [5.41, 5.74) is 0.906. The molecule has 0 radical (unpaired) electrons. The molecule has 0 amide bonds. The first-order chi connectivity index (χ1) is 9.13. The van der Waals surface area contributed by atoms with Crippen LogP contribution in [-0.2, 0) is 13.7 Å². The molecule has 100 valence electrons. The lowest BCUT2D eigenvalue weighted by molar-refractivity contribution is 0.0690. The average Bonchev–Trinajstić information content (AvgIpc) is 2.81. The molecule has 0 spiro atoms. The number of carboxylic acids is 1. The van der Waals surface area contributed by atoms with E-state index in [4.69, 9.17) is 14.6 Å². The topological polar surface area (TPSA) is 73.6 Å². The van der Waals surface area contributed by atoms with Gasteiger partial charge in [-0.3, -0.25) is 0 Å². The van der Waals surface area contributed by atoms with Crippen LogP contribution in [0, 0.1) is 0 Å². The molecule has 1 N–H and O–H groups in total. The first-order valence-corrected chi connectivity index (χ1v) is 5.61. The second-order valence-corrected chi connectivity index (χ2v) is 3.93. The smallest absolute Gasteiger partial charge is 0.339 e. The minimum absolute atomic E-state index is 0.0709. The van der Waals surface area contributed by atoms with Gasteiger partial charge in [-0.1, -0.05) is 6.07 Å². The Morgan fingerprint density at radius 3 is 2.84 bits per heavy atom. The van der Waals surface area contributed by atoms with Crippen molar-refractivity contribution < 1.29 is 19.4 Å². The van der Waals surface area contributed by atoms with Crippen LogP contribution in [0.25, 0.3) is 0 Å². The molecule has 0 bridgehead atoms. The van der Waals surface area contributed by atoms with Crippen molar-refractivity contribution in [3.63, 3.8) is 0 Å². The number of aryl methyl sites for hydroxylation is 1. The predicted molar refractivity (Wildman–Crippen MR) is 67.5 cm³/mol. The number of aromatic carboxylic acids is 1. The molecule has 2 aromatic rings. The van der Waals surface area contributed by atoms with Gasteiger partial charge in [0.1, 0.15) is 12.2 Å². The number of carbonyl (C=O) groups is 1. The predicted octanol–water partition coefficient (Wildman–Crippen LogP) is 1.71. The SMILES string of the molecule is COc1cccc(C(=O)O)c1OCc1cncn1C. The van der Waals surface area contributed by atoms with Crippen LogP contribution >= 0.6 is 0 Å². The van der Waals surface area contributed by atoms with Crippen molar-refractivity contribution in [2.75, 3.05) is 7.11 Å². The molecule has 0 saturated carbocycles. The van der Waals surface area contributed by atoms with E-state index in [0.717, 1.165) is 5.69 Å². The number of ether oxygens (including phenoxy) is 2. The molecular weight excluding hydrogens is 248 g/mol. The zero-order valence-corrected chi connectivity index (χ0v) is 10.7. The highest BCUT2D eigenvalue weighted by molar-refractivity contribution is 5.92. The summed E-state index contributed by atoms with van der Waals surface area (Å²) in [6.45, 7) is 0.219. The van der Waals surface area contributed by atoms with Gasteiger partial charge in [0.15, 0.2) is 11.5 Å². The first kappa shape index (κ1) is 12.9. The van der Waals surface area contributed by atoms with Crippen LogP contribution in [0.3, 0.4) is 0 Å². The number of carboxylic acid groups (broad SMARTS) is 1. The van der Waals surface area contributed by atoms with Gasteiger partial charge < -0.3 is 19.1 Å². The molecule has 0 aliphatic rings. The van der Waals surface area contributed by atoms with Crippen molar-refractivity contribution in [3.8, 4) is 11.5 Å². The van der Waals surface area contributed by atoms with Crippen LogP contribution < -0.4 is 9.47 Å². The lowest BCUT2D eigenvalue weighted by Crippen LogP contribution is -2.07. The fourth-order valence-electron chi connectivity index (χ4n) is 1.66.